The molecule has 1 aromatic heterocycles. The zero-order valence-corrected chi connectivity index (χ0v) is 12.8. The minimum atomic E-state index is -0.448. The number of thioether (sulfide) groups is 1. The van der Waals surface area contributed by atoms with Crippen LogP contribution in [0.3, 0.4) is 0 Å². The van der Waals surface area contributed by atoms with Crippen LogP contribution >= 0.6 is 23.1 Å². The molecular weight excluding hydrogens is 308 g/mol. The summed E-state index contributed by atoms with van der Waals surface area (Å²) in [5.74, 6) is -0.544. The maximum absolute atomic E-state index is 12.3. The molecule has 1 aromatic carbocycles. The SMILES string of the molecule is COC(=O)c1cnc(NC(=O)C2Cc3ccccc3S2)s1. The second kappa shape index (κ2) is 5.87. The molecule has 0 spiro atoms. The lowest BCUT2D eigenvalue weighted by Gasteiger charge is -2.07. The average Bonchev–Trinajstić information content (AvgIpc) is 3.12. The van der Waals surface area contributed by atoms with Crippen LogP contribution in [0.1, 0.15) is 15.2 Å². The second-order valence-electron chi connectivity index (χ2n) is 4.43. The number of methoxy groups -OCH3 is 1. The minimum absolute atomic E-state index is 0.0954. The van der Waals surface area contributed by atoms with E-state index in [1.54, 1.807) is 11.8 Å². The van der Waals surface area contributed by atoms with E-state index in [1.165, 1.54) is 18.9 Å². The van der Waals surface area contributed by atoms with Crippen molar-refractivity contribution in [2.24, 2.45) is 0 Å². The fraction of sp³-hybridized carbons (Fsp3) is 0.214. The van der Waals surface area contributed by atoms with Crippen LogP contribution in [0.5, 0.6) is 0 Å². The number of esters is 1. The first-order valence-corrected chi connectivity index (χ1v) is 7.96. The van der Waals surface area contributed by atoms with Gasteiger partial charge in [0.25, 0.3) is 0 Å². The fourth-order valence-electron chi connectivity index (χ4n) is 2.04. The van der Waals surface area contributed by atoms with Crippen LogP contribution in [-0.2, 0) is 16.0 Å². The molecule has 21 heavy (non-hydrogen) atoms. The van der Waals surface area contributed by atoms with Crippen molar-refractivity contribution in [1.29, 1.82) is 0 Å². The molecule has 2 heterocycles. The molecule has 1 atom stereocenters. The second-order valence-corrected chi connectivity index (χ2v) is 6.70. The Hall–Kier alpha value is -1.86. The maximum atomic E-state index is 12.3. The van der Waals surface area contributed by atoms with Gasteiger partial charge in [-0.1, -0.05) is 29.5 Å². The summed E-state index contributed by atoms with van der Waals surface area (Å²) in [6.07, 6.45) is 2.12. The number of aromatic nitrogens is 1. The molecule has 1 N–H and O–H groups in total. The number of carbonyl (C=O) groups excluding carboxylic acids is 2. The highest BCUT2D eigenvalue weighted by atomic mass is 32.2. The summed E-state index contributed by atoms with van der Waals surface area (Å²) in [6, 6.07) is 8.00. The van der Waals surface area contributed by atoms with Gasteiger partial charge in [-0.3, -0.25) is 4.79 Å². The van der Waals surface area contributed by atoms with Crippen molar-refractivity contribution >= 4 is 40.1 Å². The van der Waals surface area contributed by atoms with Gasteiger partial charge in [-0.15, -0.1) is 11.8 Å². The van der Waals surface area contributed by atoms with Crippen molar-refractivity contribution < 1.29 is 14.3 Å². The van der Waals surface area contributed by atoms with E-state index in [2.05, 4.69) is 15.0 Å². The van der Waals surface area contributed by atoms with E-state index in [9.17, 15) is 9.59 Å². The summed E-state index contributed by atoms with van der Waals surface area (Å²) in [4.78, 5) is 29.1. The number of rotatable bonds is 3. The lowest BCUT2D eigenvalue weighted by atomic mass is 10.1. The molecule has 0 saturated heterocycles. The van der Waals surface area contributed by atoms with Crippen LogP contribution in [-0.4, -0.2) is 29.2 Å². The van der Waals surface area contributed by atoms with Crippen molar-refractivity contribution in [3.05, 3.63) is 40.9 Å². The molecule has 7 heteroatoms. The molecule has 0 fully saturated rings. The van der Waals surface area contributed by atoms with Crippen LogP contribution in [0.2, 0.25) is 0 Å². The van der Waals surface area contributed by atoms with Crippen LogP contribution < -0.4 is 5.32 Å². The van der Waals surface area contributed by atoms with Crippen molar-refractivity contribution in [1.82, 2.24) is 4.98 Å². The predicted molar refractivity (Wildman–Crippen MR) is 81.9 cm³/mol. The Bertz CT molecular complexity index is 674. The highest BCUT2D eigenvalue weighted by Gasteiger charge is 2.28. The molecule has 1 aliphatic heterocycles. The summed E-state index contributed by atoms with van der Waals surface area (Å²) in [5, 5.41) is 3.01. The molecule has 108 valence electrons. The number of amides is 1. The third-order valence-electron chi connectivity index (χ3n) is 3.06. The number of thiazole rings is 1. The first-order valence-electron chi connectivity index (χ1n) is 6.27. The topological polar surface area (TPSA) is 68.3 Å². The predicted octanol–water partition coefficient (Wildman–Crippen LogP) is 2.59. The number of ether oxygens (including phenoxy) is 1. The van der Waals surface area contributed by atoms with Gasteiger partial charge in [0.2, 0.25) is 5.91 Å². The van der Waals surface area contributed by atoms with E-state index >= 15 is 0 Å². The Kier molecular flexibility index (Phi) is 3.94. The molecule has 1 unspecified atom stereocenters. The standard InChI is InChI=1S/C14H12N2O3S2/c1-19-13(18)11-7-15-14(21-11)16-12(17)10-6-8-4-2-3-5-9(8)20-10/h2-5,7,10H,6H2,1H3,(H,15,16,17). The van der Waals surface area contributed by atoms with E-state index in [1.807, 2.05) is 24.3 Å². The molecule has 0 aliphatic carbocycles. The van der Waals surface area contributed by atoms with Gasteiger partial charge in [-0.2, -0.15) is 0 Å². The lowest BCUT2D eigenvalue weighted by molar-refractivity contribution is -0.115. The number of anilines is 1. The zero-order chi connectivity index (χ0) is 14.8. The zero-order valence-electron chi connectivity index (χ0n) is 11.2. The van der Waals surface area contributed by atoms with E-state index in [4.69, 9.17) is 0 Å². The van der Waals surface area contributed by atoms with Gasteiger partial charge >= 0.3 is 5.97 Å². The Labute approximate surface area is 129 Å². The maximum Gasteiger partial charge on any atom is 0.349 e. The van der Waals surface area contributed by atoms with Crippen molar-refractivity contribution in [3.8, 4) is 0 Å². The van der Waals surface area contributed by atoms with E-state index < -0.39 is 5.97 Å². The van der Waals surface area contributed by atoms with Crippen molar-refractivity contribution in [2.75, 3.05) is 12.4 Å². The molecule has 3 rings (SSSR count). The molecule has 5 nitrogen and oxygen atoms in total. The number of fused-ring (bicyclic) bond motifs is 1. The molecule has 0 radical (unpaired) electrons. The van der Waals surface area contributed by atoms with Gasteiger partial charge in [0, 0.05) is 4.90 Å². The summed E-state index contributed by atoms with van der Waals surface area (Å²) in [6.45, 7) is 0. The number of hydrogen-bond donors (Lipinski definition) is 1. The van der Waals surface area contributed by atoms with Crippen LogP contribution in [0.25, 0.3) is 0 Å². The number of carbonyl (C=O) groups is 2. The largest absolute Gasteiger partial charge is 0.465 e. The fourth-order valence-corrected chi connectivity index (χ4v) is 3.97. The number of benzene rings is 1. The van der Waals surface area contributed by atoms with E-state index in [0.29, 0.717) is 16.4 Å². The van der Waals surface area contributed by atoms with Crippen LogP contribution in [0.15, 0.2) is 35.4 Å². The lowest BCUT2D eigenvalue weighted by Crippen LogP contribution is -2.24. The quantitative estimate of drug-likeness (QED) is 0.880. The highest BCUT2D eigenvalue weighted by Crippen LogP contribution is 2.37. The Morgan fingerprint density at radius 2 is 2.19 bits per heavy atom. The number of hydrogen-bond acceptors (Lipinski definition) is 6. The van der Waals surface area contributed by atoms with Crippen LogP contribution in [0, 0.1) is 0 Å². The molecular formula is C14H12N2O3S2. The van der Waals surface area contributed by atoms with Gasteiger partial charge in [0.05, 0.1) is 18.6 Å². The number of nitrogens with one attached hydrogen (secondary N) is 1. The van der Waals surface area contributed by atoms with E-state index in [-0.39, 0.29) is 11.2 Å². The van der Waals surface area contributed by atoms with Gasteiger partial charge in [-0.25, -0.2) is 9.78 Å². The minimum Gasteiger partial charge on any atom is -0.465 e. The molecule has 2 aromatic rings. The third kappa shape index (κ3) is 2.93. The van der Waals surface area contributed by atoms with Crippen molar-refractivity contribution in [3.63, 3.8) is 0 Å². The summed E-state index contributed by atoms with van der Waals surface area (Å²) in [5.41, 5.74) is 1.19. The Morgan fingerprint density at radius 1 is 1.38 bits per heavy atom. The van der Waals surface area contributed by atoms with Gasteiger partial charge in [-0.05, 0) is 18.1 Å². The average molecular weight is 320 g/mol. The van der Waals surface area contributed by atoms with E-state index in [0.717, 1.165) is 16.2 Å². The van der Waals surface area contributed by atoms with Gasteiger partial charge in [0.1, 0.15) is 4.88 Å². The van der Waals surface area contributed by atoms with Crippen molar-refractivity contribution in [2.45, 2.75) is 16.6 Å². The molecule has 1 amide bonds. The molecule has 0 bridgehead atoms. The summed E-state index contributed by atoms with van der Waals surface area (Å²) < 4.78 is 4.61. The Morgan fingerprint density at radius 3 is 2.95 bits per heavy atom. The van der Waals surface area contributed by atoms with Crippen LogP contribution in [0.4, 0.5) is 5.13 Å². The summed E-state index contributed by atoms with van der Waals surface area (Å²) in [7, 11) is 1.31. The smallest absolute Gasteiger partial charge is 0.349 e. The number of nitrogens with zero attached hydrogens (tertiary/aromatic N) is 1. The third-order valence-corrected chi connectivity index (χ3v) is 5.27. The van der Waals surface area contributed by atoms with Gasteiger partial charge in [0.15, 0.2) is 5.13 Å². The first-order chi connectivity index (χ1) is 10.2. The Balaban J connectivity index is 1.65. The first kappa shape index (κ1) is 14.1. The summed E-state index contributed by atoms with van der Waals surface area (Å²) >= 11 is 2.66. The molecule has 1 aliphatic rings. The normalized spacial score (nSPS) is 16.3. The monoisotopic (exact) mass is 320 g/mol. The van der Waals surface area contributed by atoms with Gasteiger partial charge < -0.3 is 10.1 Å². The highest BCUT2D eigenvalue weighted by molar-refractivity contribution is 8.01. The molecule has 0 saturated carbocycles.